The van der Waals surface area contributed by atoms with Crippen LogP contribution in [0, 0.1) is 0 Å². The van der Waals surface area contributed by atoms with Crippen LogP contribution in [0.25, 0.3) is 0 Å². The molecule has 0 aromatic heterocycles. The minimum absolute atomic E-state index is 1.11. The predicted molar refractivity (Wildman–Crippen MR) is 357 cm³/mol. The molecule has 3 nitrogen and oxygen atoms in total. The molecule has 434 valence electrons. The third-order valence-electron chi connectivity index (χ3n) is 14.9. The van der Waals surface area contributed by atoms with Gasteiger partial charge in [0.1, 0.15) is 0 Å². The van der Waals surface area contributed by atoms with E-state index >= 15 is 0 Å². The first-order valence-electron chi connectivity index (χ1n) is 32.6. The zero-order valence-electron chi connectivity index (χ0n) is 49.9. The fourth-order valence-corrected chi connectivity index (χ4v) is 40.0. The summed E-state index contributed by atoms with van der Waals surface area (Å²) in [5.41, 5.74) is 0. The molecule has 0 saturated carbocycles. The van der Waals surface area contributed by atoms with Gasteiger partial charge in [-0.25, -0.2) is 0 Å². The molecule has 10 heteroatoms. The van der Waals surface area contributed by atoms with Gasteiger partial charge < -0.3 is 0 Å². The summed E-state index contributed by atoms with van der Waals surface area (Å²) in [5.74, 6) is 0. The van der Waals surface area contributed by atoms with Gasteiger partial charge in [0, 0.05) is 0 Å². The Balaban J connectivity index is 6.42. The van der Waals surface area contributed by atoms with E-state index in [0.717, 1.165) is 52.2 Å². The van der Waals surface area contributed by atoms with Crippen molar-refractivity contribution >= 4 is 92.2 Å². The zero-order valence-corrected chi connectivity index (χ0v) is 57.4. The van der Waals surface area contributed by atoms with E-state index in [-0.39, 0.29) is 0 Å². The van der Waals surface area contributed by atoms with Gasteiger partial charge in [0.15, 0.2) is 0 Å². The Morgan fingerprint density at radius 3 is 0.479 bits per heavy atom. The van der Waals surface area contributed by atoms with E-state index in [1.54, 1.807) is 0 Å². The first kappa shape index (κ1) is 74.5. The van der Waals surface area contributed by atoms with E-state index in [9.17, 15) is 0 Å². The second-order valence-electron chi connectivity index (χ2n) is 22.1. The zero-order chi connectivity index (χ0) is 53.3. The summed E-state index contributed by atoms with van der Waals surface area (Å²) in [5, 5.41) is 0. The monoisotopic (exact) mass is 1240 g/mol. The van der Waals surface area contributed by atoms with E-state index in [2.05, 4.69) is 82.8 Å². The van der Waals surface area contributed by atoms with Gasteiger partial charge in [0.2, 0.25) is 0 Å². The smallest absolute Gasteiger partial charge is 0.0654 e. The van der Waals surface area contributed by atoms with E-state index in [0.29, 0.717) is 0 Å². The van der Waals surface area contributed by atoms with Crippen LogP contribution in [0.5, 0.6) is 0 Å². The van der Waals surface area contributed by atoms with Crippen LogP contribution < -0.4 is 0 Å². The molecule has 0 bridgehead atoms. The number of thiocarbonyl (C=S) groups is 3. The molecule has 0 aliphatic carbocycles. The quantitative estimate of drug-likeness (QED) is 0.0332. The van der Waals surface area contributed by atoms with Gasteiger partial charge in [-0.15, -0.1) is 0 Å². The molecule has 0 N–H and O–H groups in total. The van der Waals surface area contributed by atoms with Crippen LogP contribution in [0.2, 0.25) is 0 Å². The summed E-state index contributed by atoms with van der Waals surface area (Å²) in [6.07, 6.45) is 65.2. The molecule has 0 aliphatic heterocycles. The molecule has 73 heavy (non-hydrogen) atoms. The fourth-order valence-electron chi connectivity index (χ4n) is 9.92. The Morgan fingerprint density at radius 2 is 0.342 bits per heavy atom. The SMILES string of the molecule is CCCCCCCCCCN(CCCCCCCCCC)C(=S)[S][Sb]([S]C(=S)N(CCCCCCCCCC)CCCCCCCCCC)[S]C(=S)N(CCCCCCCCCC)CCCCCCCCCC. The third-order valence-corrected chi connectivity index (χ3v) is 38.7. The van der Waals surface area contributed by atoms with Crippen LogP contribution in [-0.4, -0.2) is 82.9 Å². The molecule has 0 aliphatic rings. The molecule has 0 rings (SSSR count). The first-order valence-corrected chi connectivity index (χ1v) is 45.5. The Morgan fingerprint density at radius 1 is 0.219 bits per heavy atom. The number of hydrogen-bond acceptors (Lipinski definition) is 6. The average molecular weight is 1240 g/mol. The molecular formula is C63H126N3S6Sb. The topological polar surface area (TPSA) is 9.72 Å². The molecule has 0 aromatic carbocycles. The predicted octanol–water partition coefficient (Wildman–Crippen LogP) is 23.8. The van der Waals surface area contributed by atoms with Gasteiger partial charge >= 0.3 is 454 Å². The summed E-state index contributed by atoms with van der Waals surface area (Å²) in [6.45, 7) is 20.6. The van der Waals surface area contributed by atoms with Gasteiger partial charge in [-0.3, -0.25) is 0 Å². The molecular weight excluding hydrogens is 1110 g/mol. The summed E-state index contributed by atoms with van der Waals surface area (Å²) in [7, 11) is 6.31. The summed E-state index contributed by atoms with van der Waals surface area (Å²) < 4.78 is 3.49. The van der Waals surface area contributed by atoms with Crippen molar-refractivity contribution in [2.75, 3.05) is 39.3 Å². The van der Waals surface area contributed by atoms with Gasteiger partial charge in [0.25, 0.3) is 0 Å². The minimum Gasteiger partial charge on any atom is -0.0654 e. The van der Waals surface area contributed by atoms with Crippen molar-refractivity contribution in [3.05, 3.63) is 0 Å². The molecule has 0 heterocycles. The summed E-state index contributed by atoms with van der Waals surface area (Å²) >= 11 is 17.5. The minimum atomic E-state index is -2.36. The van der Waals surface area contributed by atoms with E-state index in [1.165, 1.54) is 308 Å². The fraction of sp³-hybridized carbons (Fsp3) is 0.952. The van der Waals surface area contributed by atoms with Crippen LogP contribution in [-0.2, 0) is 0 Å². The van der Waals surface area contributed by atoms with Crippen molar-refractivity contribution in [1.82, 2.24) is 14.7 Å². The van der Waals surface area contributed by atoms with Crippen molar-refractivity contribution in [2.24, 2.45) is 0 Å². The van der Waals surface area contributed by atoms with Crippen LogP contribution in [0.4, 0.5) is 0 Å². The second kappa shape index (κ2) is 61.2. The third kappa shape index (κ3) is 51.4. The Bertz CT molecular complexity index is 966. The number of rotatable bonds is 57. The summed E-state index contributed by atoms with van der Waals surface area (Å²) in [6, 6.07) is 0. The van der Waals surface area contributed by atoms with E-state index in [4.69, 9.17) is 36.7 Å². The molecule has 0 amide bonds. The van der Waals surface area contributed by atoms with E-state index in [1.807, 2.05) is 0 Å². The molecule has 0 fully saturated rings. The maximum atomic E-state index is 6.63. The molecule has 0 aromatic rings. The van der Waals surface area contributed by atoms with Gasteiger partial charge in [0.05, 0.1) is 0 Å². The van der Waals surface area contributed by atoms with Crippen molar-refractivity contribution in [1.29, 1.82) is 0 Å². The molecule has 0 radical (unpaired) electrons. The second-order valence-corrected chi connectivity index (χ2v) is 43.7. The first-order chi connectivity index (χ1) is 35.9. The number of hydrogen-bond donors (Lipinski definition) is 0. The van der Waals surface area contributed by atoms with Crippen molar-refractivity contribution < 1.29 is 0 Å². The van der Waals surface area contributed by atoms with Crippen molar-refractivity contribution in [3.8, 4) is 0 Å². The Kier molecular flexibility index (Phi) is 62.5. The normalized spacial score (nSPS) is 11.5. The van der Waals surface area contributed by atoms with Crippen LogP contribution >= 0.6 is 63.2 Å². The van der Waals surface area contributed by atoms with Crippen LogP contribution in [0.1, 0.15) is 350 Å². The van der Waals surface area contributed by atoms with Crippen molar-refractivity contribution in [3.63, 3.8) is 0 Å². The Hall–Kier alpha value is 1.54. The molecule has 0 unspecified atom stereocenters. The van der Waals surface area contributed by atoms with Gasteiger partial charge in [-0.05, 0) is 0 Å². The van der Waals surface area contributed by atoms with Crippen molar-refractivity contribution in [2.45, 2.75) is 350 Å². The average Bonchev–Trinajstić information content (AvgIpc) is 3.38. The number of nitrogens with zero attached hydrogens (tertiary/aromatic N) is 3. The standard InChI is InChI=1S/3C21H43NS2.Sb/c3*1-3-5-7-9-11-13-15-17-19-22(21(23)24)20-18-16-14-12-10-8-6-4-2;/h3*3-20H2,1-2H3,(H,23,24);/q;;;+3/p-3. The number of unbranched alkanes of at least 4 members (excludes halogenated alkanes) is 42. The molecule has 0 saturated heterocycles. The molecule has 0 atom stereocenters. The maximum absolute atomic E-state index is 6.63. The Labute approximate surface area is 491 Å². The van der Waals surface area contributed by atoms with Gasteiger partial charge in [-0.1, -0.05) is 41.5 Å². The van der Waals surface area contributed by atoms with Crippen LogP contribution in [0.3, 0.4) is 0 Å². The van der Waals surface area contributed by atoms with E-state index < -0.39 is 16.0 Å². The van der Waals surface area contributed by atoms with Gasteiger partial charge in [-0.2, -0.15) is 0 Å². The summed E-state index contributed by atoms with van der Waals surface area (Å²) in [4.78, 5) is 7.99. The molecule has 0 spiro atoms. The van der Waals surface area contributed by atoms with Crippen LogP contribution in [0.15, 0.2) is 0 Å².